The lowest BCUT2D eigenvalue weighted by Gasteiger charge is -2.26. The summed E-state index contributed by atoms with van der Waals surface area (Å²) in [5.74, 6) is 0. The van der Waals surface area contributed by atoms with E-state index in [0.717, 1.165) is 5.02 Å². The number of hydrogen-bond acceptors (Lipinski definition) is 0. The summed E-state index contributed by atoms with van der Waals surface area (Å²) in [5, 5.41) is 2.38. The summed E-state index contributed by atoms with van der Waals surface area (Å²) in [4.78, 5) is 0. The molecule has 3 heteroatoms. The van der Waals surface area contributed by atoms with Crippen LogP contribution in [0.4, 0.5) is 0 Å². The highest BCUT2D eigenvalue weighted by atomic mass is 79.9. The molecule has 1 aliphatic carbocycles. The Morgan fingerprint density at radius 2 is 2.07 bits per heavy atom. The second-order valence-electron chi connectivity index (χ2n) is 5.09. The summed E-state index contributed by atoms with van der Waals surface area (Å²) >= 11 is 10.1. The molecule has 1 unspecified atom stereocenters. The van der Waals surface area contributed by atoms with Crippen LogP contribution >= 0.6 is 27.5 Å². The molecular weight excluding hydrogens is 288 g/mol. The monoisotopic (exact) mass is 298 g/mol. The first kappa shape index (κ1) is 10.1. The van der Waals surface area contributed by atoms with Crippen molar-refractivity contribution in [3.05, 3.63) is 32.3 Å². The van der Waals surface area contributed by atoms with E-state index in [2.05, 4.69) is 48.1 Å². The average Bonchev–Trinajstić information content (AvgIpc) is 2.47. The SMILES string of the molecule is CC1=Cc2cc(Cl)c3c(Br)c2C1[Si]3(C)C. The minimum absolute atomic E-state index is 0.657. The van der Waals surface area contributed by atoms with Crippen molar-refractivity contribution in [2.75, 3.05) is 0 Å². The largest absolute Gasteiger partial charge is 0.0957 e. The van der Waals surface area contributed by atoms with Gasteiger partial charge in [-0.25, -0.2) is 0 Å². The van der Waals surface area contributed by atoms with Crippen molar-refractivity contribution in [3.8, 4) is 0 Å². The van der Waals surface area contributed by atoms with Gasteiger partial charge >= 0.3 is 0 Å². The minimum atomic E-state index is -1.44. The lowest BCUT2D eigenvalue weighted by atomic mass is 10.1. The molecule has 0 aromatic heterocycles. The average molecular weight is 300 g/mol. The van der Waals surface area contributed by atoms with Crippen LogP contribution in [0.1, 0.15) is 23.6 Å². The van der Waals surface area contributed by atoms with Gasteiger partial charge in [-0.15, -0.1) is 0 Å². The van der Waals surface area contributed by atoms with Gasteiger partial charge in [0.2, 0.25) is 0 Å². The van der Waals surface area contributed by atoms with E-state index in [1.165, 1.54) is 26.4 Å². The molecule has 0 nitrogen and oxygen atoms in total. The lowest BCUT2D eigenvalue weighted by molar-refractivity contribution is 1.10. The van der Waals surface area contributed by atoms with Crippen LogP contribution in [-0.2, 0) is 0 Å². The fraction of sp³-hybridized carbons (Fsp3) is 0.333. The van der Waals surface area contributed by atoms with Gasteiger partial charge in [-0.05, 0) is 29.3 Å². The van der Waals surface area contributed by atoms with Crippen molar-refractivity contribution in [2.24, 2.45) is 0 Å². The Bertz CT molecular complexity index is 517. The first-order valence-corrected chi connectivity index (χ1v) is 9.40. The van der Waals surface area contributed by atoms with E-state index in [1.54, 1.807) is 0 Å². The van der Waals surface area contributed by atoms with E-state index in [0.29, 0.717) is 5.54 Å². The molecule has 2 aliphatic rings. The van der Waals surface area contributed by atoms with Crippen LogP contribution in [0.25, 0.3) is 6.08 Å². The topological polar surface area (TPSA) is 0 Å². The van der Waals surface area contributed by atoms with Gasteiger partial charge in [0, 0.05) is 15.0 Å². The predicted molar refractivity (Wildman–Crippen MR) is 72.7 cm³/mol. The fourth-order valence-electron chi connectivity index (χ4n) is 3.29. The Balaban J connectivity index is 2.46. The normalized spacial score (nSPS) is 24.6. The molecule has 0 saturated carbocycles. The maximum absolute atomic E-state index is 6.38. The Labute approximate surface area is 104 Å². The number of halogens is 2. The molecule has 3 rings (SSSR count). The molecule has 1 atom stereocenters. The third-order valence-electron chi connectivity index (χ3n) is 3.78. The molecule has 0 spiro atoms. The Hall–Kier alpha value is -0.0531. The Morgan fingerprint density at radius 1 is 1.40 bits per heavy atom. The molecule has 1 aromatic carbocycles. The number of benzene rings is 1. The zero-order valence-corrected chi connectivity index (χ0v) is 12.3. The van der Waals surface area contributed by atoms with Crippen molar-refractivity contribution in [1.29, 1.82) is 0 Å². The Morgan fingerprint density at radius 3 is 2.73 bits per heavy atom. The van der Waals surface area contributed by atoms with Crippen molar-refractivity contribution in [2.45, 2.75) is 25.6 Å². The molecule has 1 aliphatic heterocycles. The van der Waals surface area contributed by atoms with Gasteiger partial charge in [-0.2, -0.15) is 0 Å². The van der Waals surface area contributed by atoms with Crippen molar-refractivity contribution >= 4 is 46.9 Å². The van der Waals surface area contributed by atoms with E-state index in [4.69, 9.17) is 11.6 Å². The van der Waals surface area contributed by atoms with Gasteiger partial charge in [0.15, 0.2) is 0 Å². The van der Waals surface area contributed by atoms with E-state index in [1.807, 2.05) is 0 Å². The van der Waals surface area contributed by atoms with Crippen molar-refractivity contribution < 1.29 is 0 Å². The van der Waals surface area contributed by atoms with Crippen LogP contribution < -0.4 is 5.19 Å². The van der Waals surface area contributed by atoms with Crippen LogP contribution in [-0.4, -0.2) is 8.07 Å². The maximum Gasteiger partial charge on any atom is 0.0957 e. The highest BCUT2D eigenvalue weighted by molar-refractivity contribution is 9.10. The summed E-state index contributed by atoms with van der Waals surface area (Å²) < 4.78 is 1.29. The van der Waals surface area contributed by atoms with Crippen LogP contribution in [0.5, 0.6) is 0 Å². The quantitative estimate of drug-likeness (QED) is 0.634. The molecular formula is C12H12BrClSi. The summed E-state index contributed by atoms with van der Waals surface area (Å²) in [5.41, 5.74) is 5.01. The molecule has 2 bridgehead atoms. The Kier molecular flexibility index (Phi) is 1.88. The number of hydrogen-bond donors (Lipinski definition) is 0. The standard InChI is InChI=1S/C12H12BrClSi/c1-6-4-7-5-8(14)12-10(13)9(7)11(6)15(12,2)3/h4-5,11H,1-3H3. The number of rotatable bonds is 0. The first-order chi connectivity index (χ1) is 6.94. The number of allylic oxidation sites excluding steroid dienone is 1. The third-order valence-corrected chi connectivity index (χ3v) is 9.42. The summed E-state index contributed by atoms with van der Waals surface area (Å²) in [6.45, 7) is 7.09. The number of fused-ring (bicyclic) bond motifs is 1. The van der Waals surface area contributed by atoms with Gasteiger partial charge in [0.05, 0.1) is 8.07 Å². The molecule has 0 N–H and O–H groups in total. The smallest absolute Gasteiger partial charge is 0.0844 e. The highest BCUT2D eigenvalue weighted by Crippen LogP contribution is 2.51. The van der Waals surface area contributed by atoms with Crippen LogP contribution in [0, 0.1) is 0 Å². The van der Waals surface area contributed by atoms with E-state index in [9.17, 15) is 0 Å². The maximum atomic E-state index is 6.38. The summed E-state index contributed by atoms with van der Waals surface area (Å²) in [7, 11) is -1.44. The van der Waals surface area contributed by atoms with Crippen molar-refractivity contribution in [3.63, 3.8) is 0 Å². The summed E-state index contributed by atoms with van der Waals surface area (Å²) in [6, 6.07) is 2.14. The van der Waals surface area contributed by atoms with Crippen LogP contribution in [0.2, 0.25) is 18.1 Å². The van der Waals surface area contributed by atoms with E-state index < -0.39 is 8.07 Å². The molecule has 78 valence electrons. The molecule has 1 aromatic rings. The zero-order chi connectivity index (χ0) is 11.0. The molecule has 0 radical (unpaired) electrons. The van der Waals surface area contributed by atoms with Gasteiger partial charge < -0.3 is 0 Å². The molecule has 0 saturated heterocycles. The molecule has 0 fully saturated rings. The van der Waals surface area contributed by atoms with Crippen molar-refractivity contribution in [1.82, 2.24) is 0 Å². The van der Waals surface area contributed by atoms with Gasteiger partial charge in [0.1, 0.15) is 0 Å². The van der Waals surface area contributed by atoms with Gasteiger partial charge in [0.25, 0.3) is 0 Å². The lowest BCUT2D eigenvalue weighted by Crippen LogP contribution is -2.44. The van der Waals surface area contributed by atoms with E-state index >= 15 is 0 Å². The predicted octanol–water partition coefficient (Wildman–Crippen LogP) is 4.07. The minimum Gasteiger partial charge on any atom is -0.0844 e. The molecule has 1 heterocycles. The molecule has 0 amide bonds. The van der Waals surface area contributed by atoms with Crippen LogP contribution in [0.3, 0.4) is 0 Å². The van der Waals surface area contributed by atoms with Gasteiger partial charge in [-0.1, -0.05) is 52.3 Å². The summed E-state index contributed by atoms with van der Waals surface area (Å²) in [6.07, 6.45) is 2.30. The first-order valence-electron chi connectivity index (χ1n) is 5.15. The third kappa shape index (κ3) is 1.03. The highest BCUT2D eigenvalue weighted by Gasteiger charge is 2.48. The second kappa shape index (κ2) is 2.79. The van der Waals surface area contributed by atoms with E-state index in [-0.39, 0.29) is 0 Å². The van der Waals surface area contributed by atoms with Gasteiger partial charge in [-0.3, -0.25) is 0 Å². The zero-order valence-electron chi connectivity index (χ0n) is 8.99. The van der Waals surface area contributed by atoms with Crippen LogP contribution in [0.15, 0.2) is 16.1 Å². The molecule has 15 heavy (non-hydrogen) atoms. The second-order valence-corrected chi connectivity index (χ2v) is 10.8. The fourth-order valence-corrected chi connectivity index (χ4v) is 10.7.